The third-order valence-corrected chi connectivity index (χ3v) is 1.97. The Morgan fingerprint density at radius 1 is 1.54 bits per heavy atom. The van der Waals surface area contributed by atoms with E-state index in [0.29, 0.717) is 0 Å². The minimum atomic E-state index is 0. The van der Waals surface area contributed by atoms with Gasteiger partial charge in [0.15, 0.2) is 17.9 Å². The molecule has 70 valence electrons. The van der Waals surface area contributed by atoms with Gasteiger partial charge in [-0.2, -0.15) is 0 Å². The molecular formula is C8H11IN4. The Kier molecular flexibility index (Phi) is 3.18. The zero-order valence-electron chi connectivity index (χ0n) is 7.61. The average molecular weight is 290 g/mol. The molecule has 13 heavy (non-hydrogen) atoms. The third-order valence-electron chi connectivity index (χ3n) is 1.97. The van der Waals surface area contributed by atoms with Gasteiger partial charge in [-0.05, 0) is 6.92 Å². The van der Waals surface area contributed by atoms with Crippen LogP contribution in [0.15, 0.2) is 18.5 Å². The molecule has 0 aliphatic rings. The second kappa shape index (κ2) is 3.99. The van der Waals surface area contributed by atoms with E-state index in [1.165, 1.54) is 0 Å². The molecule has 0 amide bonds. The van der Waals surface area contributed by atoms with Crippen molar-refractivity contribution < 1.29 is 28.5 Å². The first kappa shape index (κ1) is 10.4. The first-order valence-electron chi connectivity index (χ1n) is 3.99. The fourth-order valence-electron chi connectivity index (χ4n) is 1.23. The van der Waals surface area contributed by atoms with Crippen LogP contribution in [0.5, 0.6) is 0 Å². The van der Waals surface area contributed by atoms with E-state index in [1.54, 1.807) is 4.68 Å². The first-order chi connectivity index (χ1) is 5.81. The van der Waals surface area contributed by atoms with Crippen LogP contribution in [0.3, 0.4) is 0 Å². The van der Waals surface area contributed by atoms with Gasteiger partial charge in [0.05, 0.1) is 0 Å². The maximum absolute atomic E-state index is 4.02. The van der Waals surface area contributed by atoms with Gasteiger partial charge >= 0.3 is 0 Å². The Balaban J connectivity index is 0.000000845. The fraction of sp³-hybridized carbons (Fsp3) is 0.375. The van der Waals surface area contributed by atoms with E-state index >= 15 is 0 Å². The van der Waals surface area contributed by atoms with Crippen LogP contribution in [0.1, 0.15) is 6.92 Å². The van der Waals surface area contributed by atoms with Crippen molar-refractivity contribution in [1.29, 1.82) is 0 Å². The van der Waals surface area contributed by atoms with E-state index in [4.69, 9.17) is 0 Å². The average Bonchev–Trinajstić information content (AvgIpc) is 2.47. The van der Waals surface area contributed by atoms with Crippen LogP contribution in [0.25, 0.3) is 11.0 Å². The van der Waals surface area contributed by atoms with Gasteiger partial charge in [-0.3, -0.25) is 0 Å². The molecule has 0 aromatic carbocycles. The Morgan fingerprint density at radius 3 is 3.00 bits per heavy atom. The summed E-state index contributed by atoms with van der Waals surface area (Å²) in [6.07, 6.45) is 4.04. The molecular weight excluding hydrogens is 279 g/mol. The molecule has 4 nitrogen and oxygen atoms in total. The molecule has 0 unspecified atom stereocenters. The van der Waals surface area contributed by atoms with Gasteiger partial charge in [0.25, 0.3) is 0 Å². The van der Waals surface area contributed by atoms with Crippen molar-refractivity contribution in [1.82, 2.24) is 15.0 Å². The van der Waals surface area contributed by atoms with Crippen molar-refractivity contribution in [3.8, 4) is 0 Å². The Morgan fingerprint density at radius 2 is 2.31 bits per heavy atom. The number of aromatic nitrogens is 4. The van der Waals surface area contributed by atoms with Crippen LogP contribution in [0.4, 0.5) is 0 Å². The second-order valence-corrected chi connectivity index (χ2v) is 2.76. The standard InChI is InChI=1S/C8H11N4.HI/c1-3-12-5-4-8-7(6-12)9-10-11(8)2;/h4-6H,3H2,1-2H3;1H/q+1;/p-1. The van der Waals surface area contributed by atoms with E-state index in [9.17, 15) is 0 Å². The second-order valence-electron chi connectivity index (χ2n) is 2.76. The lowest BCUT2D eigenvalue weighted by Crippen LogP contribution is -3.00. The summed E-state index contributed by atoms with van der Waals surface area (Å²) in [7, 11) is 1.89. The van der Waals surface area contributed by atoms with Crippen LogP contribution in [0, 0.1) is 0 Å². The summed E-state index contributed by atoms with van der Waals surface area (Å²) in [4.78, 5) is 0. The van der Waals surface area contributed by atoms with Crippen LogP contribution >= 0.6 is 0 Å². The molecule has 0 spiro atoms. The topological polar surface area (TPSA) is 34.6 Å². The van der Waals surface area contributed by atoms with Crippen LogP contribution in [-0.4, -0.2) is 15.0 Å². The van der Waals surface area contributed by atoms with Crippen molar-refractivity contribution in [2.45, 2.75) is 13.5 Å². The summed E-state index contributed by atoms with van der Waals surface area (Å²) in [5.74, 6) is 0. The largest absolute Gasteiger partial charge is 1.00 e. The van der Waals surface area contributed by atoms with Gasteiger partial charge in [-0.25, -0.2) is 9.25 Å². The van der Waals surface area contributed by atoms with Gasteiger partial charge in [0, 0.05) is 13.1 Å². The lowest BCUT2D eigenvalue weighted by molar-refractivity contribution is -0.692. The predicted octanol–water partition coefficient (Wildman–Crippen LogP) is -2.72. The van der Waals surface area contributed by atoms with Crippen LogP contribution < -0.4 is 28.5 Å². The number of rotatable bonds is 1. The van der Waals surface area contributed by atoms with E-state index in [-0.39, 0.29) is 24.0 Å². The summed E-state index contributed by atoms with van der Waals surface area (Å²) in [5, 5.41) is 7.94. The number of fused-ring (bicyclic) bond motifs is 1. The summed E-state index contributed by atoms with van der Waals surface area (Å²) < 4.78 is 3.85. The van der Waals surface area contributed by atoms with Crippen molar-refractivity contribution in [3.63, 3.8) is 0 Å². The van der Waals surface area contributed by atoms with E-state index in [2.05, 4.69) is 21.8 Å². The van der Waals surface area contributed by atoms with Gasteiger partial charge < -0.3 is 24.0 Å². The summed E-state index contributed by atoms with van der Waals surface area (Å²) in [6.45, 7) is 3.06. The Labute approximate surface area is 93.6 Å². The summed E-state index contributed by atoms with van der Waals surface area (Å²) in [5.41, 5.74) is 2.02. The molecule has 2 aromatic rings. The van der Waals surface area contributed by atoms with Crippen molar-refractivity contribution in [2.75, 3.05) is 0 Å². The fourth-order valence-corrected chi connectivity index (χ4v) is 1.23. The lowest BCUT2D eigenvalue weighted by Gasteiger charge is -1.90. The highest BCUT2D eigenvalue weighted by Gasteiger charge is 2.05. The van der Waals surface area contributed by atoms with Crippen molar-refractivity contribution in [3.05, 3.63) is 18.5 Å². The van der Waals surface area contributed by atoms with Gasteiger partial charge in [0.2, 0.25) is 0 Å². The molecule has 2 aromatic heterocycles. The zero-order chi connectivity index (χ0) is 8.55. The predicted molar refractivity (Wildman–Crippen MR) is 44.4 cm³/mol. The molecule has 0 radical (unpaired) electrons. The number of hydrogen-bond acceptors (Lipinski definition) is 2. The maximum Gasteiger partial charge on any atom is 0.198 e. The maximum atomic E-state index is 4.02. The minimum Gasteiger partial charge on any atom is -1.00 e. The monoisotopic (exact) mass is 290 g/mol. The molecule has 0 aliphatic heterocycles. The number of pyridine rings is 1. The Bertz CT molecular complexity index is 409. The van der Waals surface area contributed by atoms with Crippen molar-refractivity contribution >= 4 is 11.0 Å². The normalized spacial score (nSPS) is 10.0. The quantitative estimate of drug-likeness (QED) is 0.422. The molecule has 0 saturated carbocycles. The number of halogens is 1. The van der Waals surface area contributed by atoms with E-state index in [0.717, 1.165) is 17.6 Å². The molecule has 0 N–H and O–H groups in total. The first-order valence-corrected chi connectivity index (χ1v) is 3.99. The van der Waals surface area contributed by atoms with E-state index < -0.39 is 0 Å². The van der Waals surface area contributed by atoms with E-state index in [1.807, 2.05) is 25.5 Å². The molecule has 0 aliphatic carbocycles. The zero-order valence-corrected chi connectivity index (χ0v) is 9.76. The summed E-state index contributed by atoms with van der Waals surface area (Å²) >= 11 is 0. The molecule has 5 heteroatoms. The molecule has 0 bridgehead atoms. The number of hydrogen-bond donors (Lipinski definition) is 0. The smallest absolute Gasteiger partial charge is 0.198 e. The molecule has 0 atom stereocenters. The van der Waals surface area contributed by atoms with Gasteiger partial charge in [-0.15, -0.1) is 5.10 Å². The number of nitrogens with zero attached hydrogens (tertiary/aromatic N) is 4. The van der Waals surface area contributed by atoms with Crippen LogP contribution in [0.2, 0.25) is 0 Å². The highest BCUT2D eigenvalue weighted by atomic mass is 127. The third kappa shape index (κ3) is 1.79. The minimum absolute atomic E-state index is 0. The van der Waals surface area contributed by atoms with Crippen molar-refractivity contribution in [2.24, 2.45) is 7.05 Å². The number of aryl methyl sites for hydroxylation is 2. The highest BCUT2D eigenvalue weighted by molar-refractivity contribution is 5.71. The van der Waals surface area contributed by atoms with Gasteiger partial charge in [0.1, 0.15) is 12.1 Å². The molecule has 0 fully saturated rings. The SMILES string of the molecule is CC[n+]1ccc2c(c1)nnn2C.[I-]. The molecule has 0 saturated heterocycles. The lowest BCUT2D eigenvalue weighted by atomic mass is 10.4. The molecule has 2 rings (SSSR count). The van der Waals surface area contributed by atoms with Crippen LogP contribution in [-0.2, 0) is 13.6 Å². The Hall–Kier alpha value is -0.720. The molecule has 2 heterocycles. The van der Waals surface area contributed by atoms with Gasteiger partial charge in [-0.1, -0.05) is 5.21 Å². The highest BCUT2D eigenvalue weighted by Crippen LogP contribution is 2.04. The summed E-state index contributed by atoms with van der Waals surface area (Å²) in [6, 6.07) is 2.03.